The topological polar surface area (TPSA) is 87.0 Å². The largest absolute Gasteiger partial charge is 0.494 e. The maximum absolute atomic E-state index is 15.2. The molecule has 1 atom stereocenters. The minimum absolute atomic E-state index is 0.00497. The van der Waals surface area contributed by atoms with Gasteiger partial charge in [0.15, 0.2) is 0 Å². The van der Waals surface area contributed by atoms with Crippen molar-refractivity contribution in [1.82, 2.24) is 24.7 Å². The zero-order chi connectivity index (χ0) is 24.6. The van der Waals surface area contributed by atoms with Crippen molar-refractivity contribution in [3.63, 3.8) is 0 Å². The summed E-state index contributed by atoms with van der Waals surface area (Å²) < 4.78 is 28.1. The fraction of sp³-hybridized carbons (Fsp3) is 0.333. The van der Waals surface area contributed by atoms with Crippen molar-refractivity contribution < 1.29 is 13.9 Å². The molecular formula is C27H27FN6O2. The summed E-state index contributed by atoms with van der Waals surface area (Å²) in [5.41, 5.74) is 5.34. The highest BCUT2D eigenvalue weighted by molar-refractivity contribution is 5.70. The Balaban J connectivity index is 1.30. The number of methoxy groups -OCH3 is 2. The first kappa shape index (κ1) is 22.5. The molecule has 1 aromatic carbocycles. The smallest absolute Gasteiger partial charge is 0.226 e. The average Bonchev–Trinajstić information content (AvgIpc) is 3.66. The van der Waals surface area contributed by atoms with Gasteiger partial charge in [-0.05, 0) is 62.1 Å². The lowest BCUT2D eigenvalue weighted by Crippen LogP contribution is -2.21. The minimum Gasteiger partial charge on any atom is -0.494 e. The van der Waals surface area contributed by atoms with E-state index in [1.54, 1.807) is 44.9 Å². The summed E-state index contributed by atoms with van der Waals surface area (Å²) in [5, 5.41) is 8.42. The molecule has 0 bridgehead atoms. The number of rotatable bonds is 7. The molecule has 1 aliphatic heterocycles. The maximum atomic E-state index is 15.2. The highest BCUT2D eigenvalue weighted by Gasteiger charge is 2.32. The van der Waals surface area contributed by atoms with Crippen molar-refractivity contribution in [2.75, 3.05) is 19.5 Å². The van der Waals surface area contributed by atoms with Gasteiger partial charge in [-0.2, -0.15) is 5.10 Å². The Kier molecular flexibility index (Phi) is 5.75. The Morgan fingerprint density at radius 2 is 1.92 bits per heavy atom. The van der Waals surface area contributed by atoms with E-state index >= 15 is 4.39 Å². The predicted molar refractivity (Wildman–Crippen MR) is 134 cm³/mol. The molecule has 0 radical (unpaired) electrons. The number of aromatic nitrogens is 5. The molecule has 3 aromatic heterocycles. The van der Waals surface area contributed by atoms with E-state index in [-0.39, 0.29) is 11.9 Å². The summed E-state index contributed by atoms with van der Waals surface area (Å²) in [7, 11) is 3.18. The van der Waals surface area contributed by atoms with Crippen molar-refractivity contribution in [2.24, 2.45) is 0 Å². The Labute approximate surface area is 208 Å². The number of nitrogens with one attached hydrogen (secondary N) is 1. The van der Waals surface area contributed by atoms with Crippen LogP contribution in [0.3, 0.4) is 0 Å². The second kappa shape index (κ2) is 9.22. The van der Waals surface area contributed by atoms with Gasteiger partial charge in [0.1, 0.15) is 23.6 Å². The van der Waals surface area contributed by atoms with Crippen LogP contribution < -0.4 is 14.8 Å². The molecule has 1 unspecified atom stereocenters. The lowest BCUT2D eigenvalue weighted by molar-refractivity contribution is 0.397. The molecule has 4 aromatic rings. The monoisotopic (exact) mass is 486 g/mol. The number of hydrogen-bond acceptors (Lipinski definition) is 7. The molecule has 4 heterocycles. The van der Waals surface area contributed by atoms with Crippen molar-refractivity contribution in [2.45, 2.75) is 44.2 Å². The molecule has 1 N–H and O–H groups in total. The summed E-state index contributed by atoms with van der Waals surface area (Å²) in [5.74, 6) is 1.16. The molecule has 1 saturated carbocycles. The van der Waals surface area contributed by atoms with E-state index in [0.29, 0.717) is 34.5 Å². The van der Waals surface area contributed by atoms with Crippen LogP contribution in [0.4, 0.5) is 10.1 Å². The fourth-order valence-electron chi connectivity index (χ4n) is 4.95. The molecular weight excluding hydrogens is 459 g/mol. The van der Waals surface area contributed by atoms with Crippen LogP contribution in [0.25, 0.3) is 22.5 Å². The van der Waals surface area contributed by atoms with Crippen LogP contribution in [0.5, 0.6) is 11.6 Å². The first-order valence-electron chi connectivity index (χ1n) is 12.2. The Morgan fingerprint density at radius 1 is 1.03 bits per heavy atom. The molecule has 1 aliphatic carbocycles. The van der Waals surface area contributed by atoms with Gasteiger partial charge in [0.25, 0.3) is 0 Å². The van der Waals surface area contributed by atoms with Gasteiger partial charge in [-0.3, -0.25) is 9.67 Å². The van der Waals surface area contributed by atoms with E-state index in [1.165, 1.54) is 6.07 Å². The van der Waals surface area contributed by atoms with Gasteiger partial charge >= 0.3 is 0 Å². The number of benzene rings is 1. The lowest BCUT2D eigenvalue weighted by atomic mass is 10.0. The van der Waals surface area contributed by atoms with Crippen LogP contribution in [0.15, 0.2) is 48.9 Å². The molecule has 0 spiro atoms. The first-order chi connectivity index (χ1) is 17.7. The SMILES string of the molecule is COc1cccnc1-c1ccc(NC2CCCn3nc(-c4c(OC)ncnc4C4CC4)cc32)cc1F. The second-order valence-corrected chi connectivity index (χ2v) is 9.18. The van der Waals surface area contributed by atoms with Gasteiger partial charge in [0, 0.05) is 29.9 Å². The number of halogens is 1. The fourth-order valence-corrected chi connectivity index (χ4v) is 4.95. The number of fused-ring (bicyclic) bond motifs is 1. The van der Waals surface area contributed by atoms with E-state index in [4.69, 9.17) is 14.6 Å². The van der Waals surface area contributed by atoms with Crippen LogP contribution in [0.1, 0.15) is 49.0 Å². The predicted octanol–water partition coefficient (Wildman–Crippen LogP) is 5.38. The van der Waals surface area contributed by atoms with Crippen LogP contribution >= 0.6 is 0 Å². The van der Waals surface area contributed by atoms with Gasteiger partial charge in [0.05, 0.1) is 42.9 Å². The Bertz CT molecular complexity index is 1420. The minimum atomic E-state index is -0.359. The number of hydrogen-bond donors (Lipinski definition) is 1. The van der Waals surface area contributed by atoms with Crippen molar-refractivity contribution in [3.8, 4) is 34.1 Å². The van der Waals surface area contributed by atoms with E-state index in [9.17, 15) is 0 Å². The van der Waals surface area contributed by atoms with Crippen LogP contribution in [-0.2, 0) is 6.54 Å². The number of nitrogens with zero attached hydrogens (tertiary/aromatic N) is 5. The summed E-state index contributed by atoms with van der Waals surface area (Å²) >= 11 is 0. The molecule has 0 amide bonds. The van der Waals surface area contributed by atoms with E-state index < -0.39 is 0 Å². The summed E-state index contributed by atoms with van der Waals surface area (Å²) in [4.78, 5) is 13.2. The zero-order valence-electron chi connectivity index (χ0n) is 20.2. The van der Waals surface area contributed by atoms with Crippen molar-refractivity contribution in [1.29, 1.82) is 0 Å². The van der Waals surface area contributed by atoms with Gasteiger partial charge in [-0.15, -0.1) is 0 Å². The second-order valence-electron chi connectivity index (χ2n) is 9.18. The van der Waals surface area contributed by atoms with E-state index in [1.807, 2.05) is 10.7 Å². The number of anilines is 1. The lowest BCUT2D eigenvalue weighted by Gasteiger charge is -2.25. The highest BCUT2D eigenvalue weighted by Crippen LogP contribution is 2.46. The third-order valence-electron chi connectivity index (χ3n) is 6.84. The highest BCUT2D eigenvalue weighted by atomic mass is 19.1. The molecule has 1 fully saturated rings. The van der Waals surface area contributed by atoms with Gasteiger partial charge in [0.2, 0.25) is 5.88 Å². The summed E-state index contributed by atoms with van der Waals surface area (Å²) in [6.45, 7) is 0.828. The Morgan fingerprint density at radius 3 is 2.69 bits per heavy atom. The number of aryl methyl sites for hydroxylation is 1. The van der Waals surface area contributed by atoms with Crippen molar-refractivity contribution in [3.05, 3.63) is 66.1 Å². The zero-order valence-corrected chi connectivity index (χ0v) is 20.2. The van der Waals surface area contributed by atoms with Gasteiger partial charge in [-0.1, -0.05) is 0 Å². The third kappa shape index (κ3) is 4.04. The number of pyridine rings is 1. The quantitative estimate of drug-likeness (QED) is 0.375. The number of ether oxygens (including phenoxy) is 2. The normalized spacial score (nSPS) is 16.9. The van der Waals surface area contributed by atoms with Crippen LogP contribution in [-0.4, -0.2) is 39.0 Å². The van der Waals surface area contributed by atoms with E-state index in [0.717, 1.165) is 54.9 Å². The average molecular weight is 487 g/mol. The third-order valence-corrected chi connectivity index (χ3v) is 6.84. The molecule has 6 rings (SSSR count). The molecule has 184 valence electrons. The molecule has 2 aliphatic rings. The van der Waals surface area contributed by atoms with Gasteiger partial charge in [-0.25, -0.2) is 14.4 Å². The van der Waals surface area contributed by atoms with Crippen LogP contribution in [0, 0.1) is 5.82 Å². The molecule has 0 saturated heterocycles. The maximum Gasteiger partial charge on any atom is 0.226 e. The molecule has 9 heteroatoms. The Hall–Kier alpha value is -4.01. The van der Waals surface area contributed by atoms with Crippen molar-refractivity contribution >= 4 is 5.69 Å². The molecule has 8 nitrogen and oxygen atoms in total. The standard InChI is InChI=1S/C27H27FN6O2/c1-35-23-6-3-11-29-26(23)18-10-9-17(13-19(18)28)32-20-5-4-12-34-22(20)14-21(33-34)24-25(16-7-8-16)30-15-31-27(24)36-2/h3,6,9-11,13-16,20,32H,4-5,7-8,12H2,1-2H3. The van der Waals surface area contributed by atoms with Crippen LogP contribution in [0.2, 0.25) is 0 Å². The van der Waals surface area contributed by atoms with Gasteiger partial charge < -0.3 is 14.8 Å². The first-order valence-corrected chi connectivity index (χ1v) is 12.2. The molecule has 36 heavy (non-hydrogen) atoms. The van der Waals surface area contributed by atoms with E-state index in [2.05, 4.69) is 26.3 Å². The summed E-state index contributed by atoms with van der Waals surface area (Å²) in [6, 6.07) is 10.8. The summed E-state index contributed by atoms with van der Waals surface area (Å²) in [6.07, 6.45) is 7.32.